The van der Waals surface area contributed by atoms with Crippen LogP contribution in [0.5, 0.6) is 0 Å². The maximum absolute atomic E-state index is 12.6. The zero-order valence-electron chi connectivity index (χ0n) is 17.7. The summed E-state index contributed by atoms with van der Waals surface area (Å²) in [5.74, 6) is -0.421. The van der Waals surface area contributed by atoms with Gasteiger partial charge in [0.1, 0.15) is 12.8 Å². The first-order valence-corrected chi connectivity index (χ1v) is 9.22. The molecule has 160 valence electrons. The quantitative estimate of drug-likeness (QED) is 0.213. The van der Waals surface area contributed by atoms with Crippen LogP contribution in [0.3, 0.4) is 0 Å². The second kappa shape index (κ2) is 14.4. The lowest BCUT2D eigenvalue weighted by molar-refractivity contribution is -0.122. The molecular formula is C22H32FN3O3. The minimum Gasteiger partial charge on any atom is -0.515 e. The Morgan fingerprint density at radius 2 is 2.00 bits per heavy atom. The molecule has 6 nitrogen and oxygen atoms in total. The molecule has 0 aromatic heterocycles. The lowest BCUT2D eigenvalue weighted by atomic mass is 9.98. The lowest BCUT2D eigenvalue weighted by Crippen LogP contribution is -2.36. The zero-order chi connectivity index (χ0) is 22.4. The van der Waals surface area contributed by atoms with Gasteiger partial charge in [0.2, 0.25) is 0 Å². The van der Waals surface area contributed by atoms with Gasteiger partial charge in [-0.2, -0.15) is 0 Å². The van der Waals surface area contributed by atoms with Crippen LogP contribution < -0.4 is 0 Å². The molecule has 0 saturated heterocycles. The number of hydrogen-bond donors (Lipinski definition) is 2. The van der Waals surface area contributed by atoms with Gasteiger partial charge in [-0.25, -0.2) is 4.39 Å². The summed E-state index contributed by atoms with van der Waals surface area (Å²) in [5, 5.41) is 19.0. The molecule has 0 radical (unpaired) electrons. The van der Waals surface area contributed by atoms with E-state index in [1.807, 2.05) is 18.9 Å². The number of nitrogens with zero attached hydrogens (tertiary/aromatic N) is 3. The summed E-state index contributed by atoms with van der Waals surface area (Å²) in [4.78, 5) is 22.2. The zero-order valence-corrected chi connectivity index (χ0v) is 17.7. The number of hydrogen-bond acceptors (Lipinski definition) is 6. The summed E-state index contributed by atoms with van der Waals surface area (Å²) in [7, 11) is 1.81. The topological polar surface area (TPSA) is 85.5 Å². The monoisotopic (exact) mass is 405 g/mol. The smallest absolute Gasteiger partial charge is 0.188 e. The van der Waals surface area contributed by atoms with Gasteiger partial charge < -0.3 is 10.2 Å². The van der Waals surface area contributed by atoms with Crippen molar-refractivity contribution in [3.05, 3.63) is 59.6 Å². The number of likely N-dealkylation sites (N-methyl/N-ethyl adjacent to an activating group) is 1. The van der Waals surface area contributed by atoms with E-state index in [2.05, 4.69) is 23.3 Å². The summed E-state index contributed by atoms with van der Waals surface area (Å²) in [5.41, 5.74) is 2.25. The Hall–Kier alpha value is -2.64. The number of Topliss-reactive ketones (excluding diaryl/α,β-unsaturated/α-hetero) is 1. The number of ketones is 1. The highest BCUT2D eigenvalue weighted by molar-refractivity contribution is 6.00. The molecule has 0 aromatic rings. The van der Waals surface area contributed by atoms with Gasteiger partial charge in [0.15, 0.2) is 5.78 Å². The van der Waals surface area contributed by atoms with Crippen LogP contribution in [-0.4, -0.2) is 72.8 Å². The Kier molecular flexibility index (Phi) is 13.1. The van der Waals surface area contributed by atoms with E-state index in [1.165, 1.54) is 19.2 Å². The molecule has 0 rings (SSSR count). The predicted octanol–water partition coefficient (Wildman–Crippen LogP) is 3.38. The maximum atomic E-state index is 12.6. The molecule has 0 spiro atoms. The van der Waals surface area contributed by atoms with Gasteiger partial charge >= 0.3 is 0 Å². The van der Waals surface area contributed by atoms with Gasteiger partial charge in [-0.3, -0.25) is 19.7 Å². The van der Waals surface area contributed by atoms with E-state index in [9.17, 15) is 19.4 Å². The molecule has 0 aliphatic heterocycles. The molecule has 0 fully saturated rings. The highest BCUT2D eigenvalue weighted by atomic mass is 19.1. The first-order chi connectivity index (χ1) is 13.7. The lowest BCUT2D eigenvalue weighted by Gasteiger charge is -2.27. The van der Waals surface area contributed by atoms with Crippen molar-refractivity contribution in [3.63, 3.8) is 0 Å². The fraction of sp³-hybridized carbons (Fsp3) is 0.409. The van der Waals surface area contributed by atoms with Gasteiger partial charge in [0.25, 0.3) is 0 Å². The van der Waals surface area contributed by atoms with Crippen molar-refractivity contribution in [1.82, 2.24) is 4.90 Å². The number of halogens is 1. The largest absolute Gasteiger partial charge is 0.515 e. The normalized spacial score (nSPS) is 16.2. The molecule has 0 saturated carbocycles. The van der Waals surface area contributed by atoms with Crippen molar-refractivity contribution in [3.8, 4) is 0 Å². The highest BCUT2D eigenvalue weighted by Gasteiger charge is 2.22. The van der Waals surface area contributed by atoms with E-state index in [0.717, 1.165) is 11.8 Å². The number of carbonyl (C=O) groups is 1. The van der Waals surface area contributed by atoms with E-state index in [0.29, 0.717) is 16.7 Å². The molecule has 0 amide bonds. The number of rotatable bonds is 13. The summed E-state index contributed by atoms with van der Waals surface area (Å²) in [6.07, 6.45) is 7.66. The Morgan fingerprint density at radius 1 is 1.34 bits per heavy atom. The van der Waals surface area contributed by atoms with Crippen LogP contribution in [-0.2, 0) is 4.79 Å². The van der Waals surface area contributed by atoms with Gasteiger partial charge in [-0.1, -0.05) is 12.7 Å². The summed E-state index contributed by atoms with van der Waals surface area (Å²) in [6, 6.07) is -0.224. The van der Waals surface area contributed by atoms with Crippen molar-refractivity contribution in [2.75, 3.05) is 26.8 Å². The molecule has 2 N–H and O–H groups in total. The van der Waals surface area contributed by atoms with Crippen LogP contribution in [0.4, 0.5) is 4.39 Å². The highest BCUT2D eigenvalue weighted by Crippen LogP contribution is 2.17. The molecule has 29 heavy (non-hydrogen) atoms. The van der Waals surface area contributed by atoms with Crippen molar-refractivity contribution >= 4 is 18.7 Å². The van der Waals surface area contributed by atoms with Gasteiger partial charge in [-0.05, 0) is 63.4 Å². The fourth-order valence-corrected chi connectivity index (χ4v) is 2.41. The van der Waals surface area contributed by atoms with Crippen LogP contribution in [0.1, 0.15) is 20.8 Å². The number of aliphatic hydroxyl groups excluding tert-OH is 2. The van der Waals surface area contributed by atoms with E-state index < -0.39 is 18.6 Å². The SMILES string of the molecule is C=CC(/C=C\N=C)=C(\CN(C)C(C)C(/C=N\CCF)=C/C(C)=C/O)C(=O)C(C)O. The summed E-state index contributed by atoms with van der Waals surface area (Å²) in [6.45, 7) is 11.8. The molecule has 0 bridgehead atoms. The number of carbonyl (C=O) groups excluding carboxylic acids is 1. The van der Waals surface area contributed by atoms with Crippen LogP contribution in [0.25, 0.3) is 0 Å². The van der Waals surface area contributed by atoms with Crippen LogP contribution in [0.2, 0.25) is 0 Å². The number of aliphatic imine (C=N–C) groups is 2. The summed E-state index contributed by atoms with van der Waals surface area (Å²) >= 11 is 0. The average Bonchev–Trinajstić information content (AvgIpc) is 2.71. The third kappa shape index (κ3) is 9.40. The van der Waals surface area contributed by atoms with E-state index in [4.69, 9.17) is 0 Å². The summed E-state index contributed by atoms with van der Waals surface area (Å²) < 4.78 is 12.4. The molecule has 0 heterocycles. The average molecular weight is 406 g/mol. The first-order valence-electron chi connectivity index (χ1n) is 9.22. The number of aliphatic hydroxyl groups is 2. The Morgan fingerprint density at radius 3 is 2.48 bits per heavy atom. The van der Waals surface area contributed by atoms with E-state index in [-0.39, 0.29) is 19.1 Å². The minimum absolute atomic E-state index is 0.0429. The van der Waals surface area contributed by atoms with Crippen LogP contribution >= 0.6 is 0 Å². The Labute approximate surface area is 172 Å². The Bertz CT molecular complexity index is 719. The standard InChI is InChI=1S/C22H32FN3O3/c1-7-19(8-10-24-5)21(22(29)18(4)28)14-26(6)17(3)20(12-16(2)15-27)13-25-11-9-23/h7-8,10,12-13,15,17-18,27-28H,1,5,9,11,14H2,2-4,6H3/b10-8-,16-15+,20-12+,21-19-,25-13-. The van der Waals surface area contributed by atoms with Crippen molar-refractivity contribution in [1.29, 1.82) is 0 Å². The van der Waals surface area contributed by atoms with Gasteiger partial charge in [0.05, 0.1) is 12.8 Å². The molecule has 0 aliphatic carbocycles. The maximum Gasteiger partial charge on any atom is 0.188 e. The molecule has 7 heteroatoms. The second-order valence-electron chi connectivity index (χ2n) is 6.51. The van der Waals surface area contributed by atoms with Crippen molar-refractivity contribution < 1.29 is 19.4 Å². The third-order valence-electron chi connectivity index (χ3n) is 4.21. The molecular weight excluding hydrogens is 373 g/mol. The fourth-order valence-electron chi connectivity index (χ4n) is 2.41. The minimum atomic E-state index is -1.17. The van der Waals surface area contributed by atoms with Crippen molar-refractivity contribution in [2.24, 2.45) is 9.98 Å². The molecule has 0 aliphatic rings. The van der Waals surface area contributed by atoms with E-state index >= 15 is 0 Å². The van der Waals surface area contributed by atoms with Gasteiger partial charge in [0, 0.05) is 30.6 Å². The molecule has 0 aromatic carbocycles. The van der Waals surface area contributed by atoms with Gasteiger partial charge in [-0.15, -0.1) is 0 Å². The number of allylic oxidation sites excluding steroid dienone is 5. The second-order valence-corrected chi connectivity index (χ2v) is 6.51. The van der Waals surface area contributed by atoms with Crippen molar-refractivity contribution in [2.45, 2.75) is 32.9 Å². The van der Waals surface area contributed by atoms with E-state index in [1.54, 1.807) is 25.3 Å². The first kappa shape index (κ1) is 26.4. The Balaban J connectivity index is 5.99. The van der Waals surface area contributed by atoms with Crippen LogP contribution in [0.15, 0.2) is 69.5 Å². The number of alkyl halides is 1. The third-order valence-corrected chi connectivity index (χ3v) is 4.21. The molecule has 2 unspecified atom stereocenters. The molecule has 2 atom stereocenters. The van der Waals surface area contributed by atoms with Crippen LogP contribution in [0, 0.1) is 0 Å². The predicted molar refractivity (Wildman–Crippen MR) is 118 cm³/mol.